The summed E-state index contributed by atoms with van der Waals surface area (Å²) in [5.74, 6) is -0.178. The second kappa shape index (κ2) is 6.68. The molecule has 0 aliphatic carbocycles. The van der Waals surface area contributed by atoms with Crippen LogP contribution in [0.1, 0.15) is 18.1 Å². The number of carbonyl (C=O) groups excluding carboxylic acids is 1. The molecule has 0 saturated carbocycles. The number of urea groups is 1. The van der Waals surface area contributed by atoms with E-state index in [4.69, 9.17) is 4.42 Å². The minimum Gasteiger partial charge on any atom is -0.506 e. The van der Waals surface area contributed by atoms with E-state index in [1.54, 1.807) is 30.3 Å². The van der Waals surface area contributed by atoms with Crippen LogP contribution in [0.25, 0.3) is 11.0 Å². The Morgan fingerprint density at radius 1 is 1.12 bits per heavy atom. The lowest BCUT2D eigenvalue weighted by Crippen LogP contribution is -2.20. The van der Waals surface area contributed by atoms with Crippen LogP contribution in [0, 0.1) is 6.92 Å². The Hall–Kier alpha value is -3.28. The lowest BCUT2D eigenvalue weighted by Gasteiger charge is -2.13. The average molecular weight is 338 g/mol. The van der Waals surface area contributed by atoms with Gasteiger partial charge < -0.3 is 20.2 Å². The van der Waals surface area contributed by atoms with E-state index in [1.165, 1.54) is 6.07 Å². The molecule has 1 aromatic heterocycles. The number of rotatable bonds is 3. The topological polar surface area (TPSA) is 91.6 Å². The first kappa shape index (κ1) is 16.6. The van der Waals surface area contributed by atoms with E-state index in [0.717, 1.165) is 5.56 Å². The summed E-state index contributed by atoms with van der Waals surface area (Å²) in [7, 11) is 0. The van der Waals surface area contributed by atoms with E-state index >= 15 is 0 Å². The Bertz CT molecular complexity index is 994. The van der Waals surface area contributed by atoms with Crippen molar-refractivity contribution in [3.05, 3.63) is 64.0 Å². The zero-order valence-corrected chi connectivity index (χ0v) is 13.9. The minimum atomic E-state index is -0.547. The summed E-state index contributed by atoms with van der Waals surface area (Å²) in [6.45, 7) is 3.70. The average Bonchev–Trinajstić information content (AvgIpc) is 2.59. The van der Waals surface area contributed by atoms with Gasteiger partial charge in [-0.05, 0) is 43.2 Å². The number of aromatic hydroxyl groups is 1. The molecule has 0 saturated heterocycles. The van der Waals surface area contributed by atoms with Crippen molar-refractivity contribution in [3.63, 3.8) is 0 Å². The number of nitrogens with one attached hydrogen (secondary N) is 2. The predicted molar refractivity (Wildman–Crippen MR) is 97.3 cm³/mol. The summed E-state index contributed by atoms with van der Waals surface area (Å²) in [5, 5.41) is 16.0. The third kappa shape index (κ3) is 3.19. The van der Waals surface area contributed by atoms with Gasteiger partial charge in [0.2, 0.25) is 0 Å². The maximum Gasteiger partial charge on any atom is 0.339 e. The summed E-state index contributed by atoms with van der Waals surface area (Å²) < 4.78 is 5.37. The van der Waals surface area contributed by atoms with Gasteiger partial charge in [0, 0.05) is 16.6 Å². The third-order valence-corrected chi connectivity index (χ3v) is 4.06. The van der Waals surface area contributed by atoms with E-state index in [2.05, 4.69) is 10.6 Å². The quantitative estimate of drug-likeness (QED) is 0.497. The standard InChI is InChI=1S/C19H18N2O4/c1-3-13-11(2)14-9-10-15(22)16(17(14)25-18(13)23)21-19(24)20-12-7-5-4-6-8-12/h4-10,22H,3H2,1-2H3,(H2,20,21,24). The molecule has 0 atom stereocenters. The first-order chi connectivity index (χ1) is 12.0. The fourth-order valence-electron chi connectivity index (χ4n) is 2.77. The van der Waals surface area contributed by atoms with Gasteiger partial charge in [-0.25, -0.2) is 9.59 Å². The number of para-hydroxylation sites is 1. The first-order valence-electron chi connectivity index (χ1n) is 7.92. The molecule has 2 amide bonds. The zero-order chi connectivity index (χ0) is 18.0. The number of fused-ring (bicyclic) bond motifs is 1. The molecule has 6 heteroatoms. The molecule has 2 aromatic carbocycles. The fourth-order valence-corrected chi connectivity index (χ4v) is 2.77. The molecule has 3 N–H and O–H groups in total. The molecule has 128 valence electrons. The Kier molecular flexibility index (Phi) is 4.43. The van der Waals surface area contributed by atoms with Crippen LogP contribution in [0.3, 0.4) is 0 Å². The molecule has 0 aliphatic heterocycles. The van der Waals surface area contributed by atoms with Crippen molar-refractivity contribution in [2.24, 2.45) is 0 Å². The Morgan fingerprint density at radius 3 is 2.52 bits per heavy atom. The molecule has 0 unspecified atom stereocenters. The maximum atomic E-state index is 12.2. The maximum absolute atomic E-state index is 12.2. The van der Waals surface area contributed by atoms with Crippen LogP contribution >= 0.6 is 0 Å². The highest BCUT2D eigenvalue weighted by atomic mass is 16.4. The highest BCUT2D eigenvalue weighted by molar-refractivity contribution is 6.06. The van der Waals surface area contributed by atoms with E-state index < -0.39 is 11.7 Å². The SMILES string of the molecule is CCc1c(C)c2ccc(O)c(NC(=O)Nc3ccccc3)c2oc1=O. The van der Waals surface area contributed by atoms with Crippen molar-refractivity contribution in [1.29, 1.82) is 0 Å². The summed E-state index contributed by atoms with van der Waals surface area (Å²) in [6, 6.07) is 11.5. The van der Waals surface area contributed by atoms with Gasteiger partial charge in [-0.1, -0.05) is 25.1 Å². The Morgan fingerprint density at radius 2 is 1.84 bits per heavy atom. The summed E-state index contributed by atoms with van der Waals surface area (Å²) in [5.41, 5.74) is 1.71. The number of hydrogen-bond donors (Lipinski definition) is 3. The van der Waals surface area contributed by atoms with Gasteiger partial charge in [0.15, 0.2) is 5.58 Å². The third-order valence-electron chi connectivity index (χ3n) is 4.06. The molecule has 1 heterocycles. The molecule has 0 radical (unpaired) electrons. The summed E-state index contributed by atoms with van der Waals surface area (Å²) in [6.07, 6.45) is 0.544. The van der Waals surface area contributed by atoms with Crippen molar-refractivity contribution in [2.75, 3.05) is 10.6 Å². The predicted octanol–water partition coefficient (Wildman–Crippen LogP) is 4.01. The first-order valence-corrected chi connectivity index (χ1v) is 7.92. The highest BCUT2D eigenvalue weighted by Gasteiger charge is 2.17. The molecular formula is C19H18N2O4. The zero-order valence-electron chi connectivity index (χ0n) is 13.9. The lowest BCUT2D eigenvalue weighted by molar-refractivity contribution is 0.262. The minimum absolute atomic E-state index is 0.0637. The molecule has 0 aliphatic rings. The van der Waals surface area contributed by atoms with Crippen LogP contribution in [0.15, 0.2) is 51.7 Å². The van der Waals surface area contributed by atoms with Crippen molar-refractivity contribution < 1.29 is 14.3 Å². The molecule has 0 fully saturated rings. The van der Waals surface area contributed by atoms with Gasteiger partial charge in [0.05, 0.1) is 0 Å². The number of aryl methyl sites for hydroxylation is 1. The van der Waals surface area contributed by atoms with Gasteiger partial charge in [0.25, 0.3) is 0 Å². The van der Waals surface area contributed by atoms with E-state index in [9.17, 15) is 14.7 Å². The number of phenolic OH excluding ortho intramolecular Hbond substituents is 1. The van der Waals surface area contributed by atoms with Gasteiger partial charge in [0.1, 0.15) is 11.4 Å². The fraction of sp³-hybridized carbons (Fsp3) is 0.158. The highest BCUT2D eigenvalue weighted by Crippen LogP contribution is 2.34. The van der Waals surface area contributed by atoms with Gasteiger partial charge in [-0.2, -0.15) is 0 Å². The number of hydrogen-bond acceptors (Lipinski definition) is 4. The number of phenols is 1. The van der Waals surface area contributed by atoms with Crippen molar-refractivity contribution in [1.82, 2.24) is 0 Å². The number of benzene rings is 2. The number of carbonyl (C=O) groups is 1. The molecule has 0 bridgehead atoms. The van der Waals surface area contributed by atoms with Crippen LogP contribution in [0.4, 0.5) is 16.2 Å². The second-order valence-corrected chi connectivity index (χ2v) is 5.63. The van der Waals surface area contributed by atoms with E-state index in [0.29, 0.717) is 23.1 Å². The van der Waals surface area contributed by atoms with Crippen molar-refractivity contribution in [3.8, 4) is 5.75 Å². The van der Waals surface area contributed by atoms with Crippen LogP contribution < -0.4 is 16.3 Å². The molecule has 0 spiro atoms. The van der Waals surface area contributed by atoms with E-state index in [-0.39, 0.29) is 17.0 Å². The molecular weight excluding hydrogens is 320 g/mol. The monoisotopic (exact) mass is 338 g/mol. The Balaban J connectivity index is 2.02. The van der Waals surface area contributed by atoms with E-state index in [1.807, 2.05) is 19.9 Å². The van der Waals surface area contributed by atoms with Gasteiger partial charge in [-0.15, -0.1) is 0 Å². The largest absolute Gasteiger partial charge is 0.506 e. The van der Waals surface area contributed by atoms with Crippen molar-refractivity contribution >= 4 is 28.4 Å². The molecule has 25 heavy (non-hydrogen) atoms. The van der Waals surface area contributed by atoms with Crippen LogP contribution in [0.2, 0.25) is 0 Å². The van der Waals surface area contributed by atoms with Crippen molar-refractivity contribution in [2.45, 2.75) is 20.3 Å². The lowest BCUT2D eigenvalue weighted by atomic mass is 10.0. The van der Waals surface area contributed by atoms with Crippen LogP contribution in [-0.2, 0) is 6.42 Å². The molecule has 3 aromatic rings. The molecule has 6 nitrogen and oxygen atoms in total. The summed E-state index contributed by atoms with van der Waals surface area (Å²) in [4.78, 5) is 24.4. The van der Waals surface area contributed by atoms with Gasteiger partial charge >= 0.3 is 11.7 Å². The van der Waals surface area contributed by atoms with Crippen LogP contribution in [-0.4, -0.2) is 11.1 Å². The number of anilines is 2. The Labute approximate surface area is 144 Å². The number of amides is 2. The molecule has 3 rings (SSSR count). The second-order valence-electron chi connectivity index (χ2n) is 5.63. The van der Waals surface area contributed by atoms with Crippen LogP contribution in [0.5, 0.6) is 5.75 Å². The normalized spacial score (nSPS) is 10.6. The van der Waals surface area contributed by atoms with Gasteiger partial charge in [-0.3, -0.25) is 0 Å². The smallest absolute Gasteiger partial charge is 0.339 e. The summed E-state index contributed by atoms with van der Waals surface area (Å²) >= 11 is 0.